The van der Waals surface area contributed by atoms with Crippen LogP contribution in [0.1, 0.15) is 47.0 Å². The summed E-state index contributed by atoms with van der Waals surface area (Å²) in [7, 11) is 3.17. The molecule has 1 rings (SSSR count). The maximum atomic E-state index is 11.9. The van der Waals surface area contributed by atoms with Gasteiger partial charge in [-0.05, 0) is 18.6 Å². The van der Waals surface area contributed by atoms with Crippen LogP contribution in [0.4, 0.5) is 0 Å². The molecule has 0 heterocycles. The molecule has 0 saturated carbocycles. The Balaban J connectivity index is 3.94. The van der Waals surface area contributed by atoms with Crippen LogP contribution in [-0.2, 0) is 14.2 Å². The van der Waals surface area contributed by atoms with Gasteiger partial charge in [-0.25, -0.2) is 19.2 Å². The van der Waals surface area contributed by atoms with Crippen molar-refractivity contribution in [2.75, 3.05) is 21.3 Å². The van der Waals surface area contributed by atoms with E-state index in [9.17, 15) is 24.3 Å². The molecule has 0 aliphatic carbocycles. The number of methoxy groups -OCH3 is 3. The van der Waals surface area contributed by atoms with Gasteiger partial charge in [0.2, 0.25) is 0 Å². The van der Waals surface area contributed by atoms with E-state index in [1.165, 1.54) is 13.0 Å². The fraction of sp³-hybridized carbons (Fsp3) is 0.286. The lowest BCUT2D eigenvalue weighted by Crippen LogP contribution is -2.22. The van der Waals surface area contributed by atoms with Crippen molar-refractivity contribution < 1.29 is 38.5 Å². The lowest BCUT2D eigenvalue weighted by Gasteiger charge is -2.15. The topological polar surface area (TPSA) is 116 Å². The Labute approximate surface area is 125 Å². The quantitative estimate of drug-likeness (QED) is 0.648. The van der Waals surface area contributed by atoms with Gasteiger partial charge in [-0.2, -0.15) is 0 Å². The summed E-state index contributed by atoms with van der Waals surface area (Å²) in [5, 5.41) is 9.37. The van der Waals surface area contributed by atoms with Crippen molar-refractivity contribution in [2.45, 2.75) is 6.92 Å². The maximum Gasteiger partial charge on any atom is 0.339 e. The summed E-state index contributed by atoms with van der Waals surface area (Å²) in [5.74, 6) is -4.53. The highest BCUT2D eigenvalue weighted by molar-refractivity contribution is 6.15. The second kappa shape index (κ2) is 6.70. The van der Waals surface area contributed by atoms with Crippen molar-refractivity contribution in [3.63, 3.8) is 0 Å². The molecule has 0 aliphatic heterocycles. The fourth-order valence-corrected chi connectivity index (χ4v) is 1.98. The Bertz CT molecular complexity index is 659. The number of carboxylic acids is 1. The summed E-state index contributed by atoms with van der Waals surface area (Å²) in [6, 6.07) is 1.18. The van der Waals surface area contributed by atoms with Gasteiger partial charge < -0.3 is 19.3 Å². The highest BCUT2D eigenvalue weighted by atomic mass is 16.5. The van der Waals surface area contributed by atoms with E-state index in [4.69, 9.17) is 0 Å². The lowest BCUT2D eigenvalue weighted by molar-refractivity contribution is 0.0539. The Kier molecular flexibility index (Phi) is 5.23. The molecule has 8 heteroatoms. The molecule has 0 atom stereocenters. The van der Waals surface area contributed by atoms with Crippen molar-refractivity contribution >= 4 is 23.9 Å². The molecule has 22 heavy (non-hydrogen) atoms. The zero-order chi connectivity index (χ0) is 17.0. The van der Waals surface area contributed by atoms with Crippen LogP contribution in [0.3, 0.4) is 0 Å². The highest BCUT2D eigenvalue weighted by Crippen LogP contribution is 2.26. The monoisotopic (exact) mass is 310 g/mol. The van der Waals surface area contributed by atoms with E-state index in [-0.39, 0.29) is 16.7 Å². The number of ether oxygens (including phenoxy) is 3. The van der Waals surface area contributed by atoms with Crippen molar-refractivity contribution in [1.82, 2.24) is 0 Å². The molecule has 0 aliphatic rings. The number of aromatic carboxylic acids is 1. The summed E-state index contributed by atoms with van der Waals surface area (Å²) in [6.45, 7) is 1.41. The summed E-state index contributed by atoms with van der Waals surface area (Å²) in [5.41, 5.74) is -1.72. The molecule has 0 fully saturated rings. The molecule has 1 aromatic rings. The number of esters is 3. The van der Waals surface area contributed by atoms with E-state index in [2.05, 4.69) is 14.2 Å². The number of aryl methyl sites for hydroxylation is 1. The Morgan fingerprint density at radius 1 is 0.818 bits per heavy atom. The van der Waals surface area contributed by atoms with Gasteiger partial charge in [0.1, 0.15) is 0 Å². The predicted octanol–water partition coefficient (Wildman–Crippen LogP) is 1.05. The number of carboxylic acid groups (broad SMARTS) is 1. The number of rotatable bonds is 4. The third-order valence-electron chi connectivity index (χ3n) is 2.92. The van der Waals surface area contributed by atoms with Crippen LogP contribution in [0.25, 0.3) is 0 Å². The van der Waals surface area contributed by atoms with E-state index in [1.54, 1.807) is 0 Å². The SMILES string of the molecule is COC(=O)c1cc(C)c(C(=O)OC)c(C(=O)O)c1C(=O)OC. The van der Waals surface area contributed by atoms with Crippen molar-refractivity contribution in [2.24, 2.45) is 0 Å². The van der Waals surface area contributed by atoms with Crippen LogP contribution in [0.2, 0.25) is 0 Å². The second-order valence-electron chi connectivity index (χ2n) is 4.15. The van der Waals surface area contributed by atoms with Gasteiger partial charge in [-0.15, -0.1) is 0 Å². The van der Waals surface area contributed by atoms with Crippen molar-refractivity contribution in [1.29, 1.82) is 0 Å². The molecule has 0 unspecified atom stereocenters. The molecule has 0 saturated heterocycles. The molecule has 118 valence electrons. The first-order chi connectivity index (χ1) is 10.3. The second-order valence-corrected chi connectivity index (χ2v) is 4.15. The van der Waals surface area contributed by atoms with Crippen LogP contribution in [0.15, 0.2) is 6.07 Å². The molecule has 1 aromatic carbocycles. The molecule has 0 radical (unpaired) electrons. The van der Waals surface area contributed by atoms with Crippen LogP contribution < -0.4 is 0 Å². The third-order valence-corrected chi connectivity index (χ3v) is 2.92. The molecular formula is C14H14O8. The summed E-state index contributed by atoms with van der Waals surface area (Å²) in [4.78, 5) is 47.1. The fourth-order valence-electron chi connectivity index (χ4n) is 1.98. The molecule has 0 spiro atoms. The standard InChI is InChI=1S/C14H14O8/c1-6-5-7(12(17)20-2)9(14(19)22-4)10(11(15)16)8(6)13(18)21-3/h5H,1-4H3,(H,15,16). The Morgan fingerprint density at radius 2 is 1.27 bits per heavy atom. The number of carbonyl (C=O) groups excluding carboxylic acids is 3. The number of carbonyl (C=O) groups is 4. The van der Waals surface area contributed by atoms with Crippen LogP contribution >= 0.6 is 0 Å². The smallest absolute Gasteiger partial charge is 0.339 e. The third kappa shape index (κ3) is 2.90. The summed E-state index contributed by atoms with van der Waals surface area (Å²) >= 11 is 0. The van der Waals surface area contributed by atoms with Gasteiger partial charge in [-0.3, -0.25) is 0 Å². The zero-order valence-corrected chi connectivity index (χ0v) is 12.4. The van der Waals surface area contributed by atoms with Gasteiger partial charge in [-0.1, -0.05) is 0 Å². The van der Waals surface area contributed by atoms with Gasteiger partial charge in [0.05, 0.1) is 43.6 Å². The summed E-state index contributed by atoms with van der Waals surface area (Å²) in [6.07, 6.45) is 0. The minimum atomic E-state index is -1.57. The zero-order valence-electron chi connectivity index (χ0n) is 12.4. The first-order valence-electron chi connectivity index (χ1n) is 5.95. The van der Waals surface area contributed by atoms with Gasteiger partial charge >= 0.3 is 23.9 Å². The Hall–Kier alpha value is -2.90. The van der Waals surface area contributed by atoms with Crippen LogP contribution in [0, 0.1) is 6.92 Å². The Morgan fingerprint density at radius 3 is 1.68 bits per heavy atom. The van der Waals surface area contributed by atoms with E-state index in [0.29, 0.717) is 0 Å². The average Bonchev–Trinajstić information content (AvgIpc) is 2.51. The minimum absolute atomic E-state index is 0.150. The first kappa shape index (κ1) is 17.2. The van der Waals surface area contributed by atoms with Crippen molar-refractivity contribution in [3.8, 4) is 0 Å². The van der Waals surface area contributed by atoms with Gasteiger partial charge in [0.25, 0.3) is 0 Å². The van der Waals surface area contributed by atoms with Gasteiger partial charge in [0.15, 0.2) is 0 Å². The van der Waals surface area contributed by atoms with E-state index in [1.807, 2.05) is 0 Å². The predicted molar refractivity (Wildman–Crippen MR) is 72.2 cm³/mol. The van der Waals surface area contributed by atoms with E-state index in [0.717, 1.165) is 21.3 Å². The molecular weight excluding hydrogens is 296 g/mol. The summed E-state index contributed by atoms with van der Waals surface area (Å²) < 4.78 is 13.6. The molecule has 1 N–H and O–H groups in total. The van der Waals surface area contributed by atoms with Crippen LogP contribution in [-0.4, -0.2) is 50.3 Å². The molecule has 8 nitrogen and oxygen atoms in total. The molecule has 0 aromatic heterocycles. The minimum Gasteiger partial charge on any atom is -0.478 e. The molecule has 0 bridgehead atoms. The number of hydrogen-bond acceptors (Lipinski definition) is 7. The van der Waals surface area contributed by atoms with Crippen molar-refractivity contribution in [3.05, 3.63) is 33.9 Å². The maximum absolute atomic E-state index is 11.9. The number of hydrogen-bond donors (Lipinski definition) is 1. The highest BCUT2D eigenvalue weighted by Gasteiger charge is 2.32. The largest absolute Gasteiger partial charge is 0.478 e. The molecule has 0 amide bonds. The lowest BCUT2D eigenvalue weighted by atomic mass is 9.91. The first-order valence-corrected chi connectivity index (χ1v) is 5.95. The van der Waals surface area contributed by atoms with Gasteiger partial charge in [0, 0.05) is 0 Å². The number of benzene rings is 1. The van der Waals surface area contributed by atoms with Crippen LogP contribution in [0.5, 0.6) is 0 Å². The van der Waals surface area contributed by atoms with E-state index >= 15 is 0 Å². The average molecular weight is 310 g/mol. The normalized spacial score (nSPS) is 9.82. The van der Waals surface area contributed by atoms with E-state index < -0.39 is 35.0 Å².